The molecule has 8 nitrogen and oxygen atoms in total. The van der Waals surface area contributed by atoms with Crippen LogP contribution in [-0.4, -0.2) is 47.4 Å². The lowest BCUT2D eigenvalue weighted by Crippen LogP contribution is -2.14. The minimum Gasteiger partial charge on any atom is -0.493 e. The zero-order chi connectivity index (χ0) is 17.5. The molecule has 2 rings (SSSR count). The Labute approximate surface area is 144 Å². The largest absolute Gasteiger partial charge is 0.493 e. The van der Waals surface area contributed by atoms with Crippen LogP contribution in [0.25, 0.3) is 0 Å². The van der Waals surface area contributed by atoms with Crippen LogP contribution in [0.4, 0.5) is 0 Å². The van der Waals surface area contributed by atoms with E-state index < -0.39 is 5.97 Å². The quantitative estimate of drug-likeness (QED) is 0.467. The number of H-pyrrole nitrogens is 1. The van der Waals surface area contributed by atoms with Gasteiger partial charge in [0.15, 0.2) is 18.1 Å². The molecule has 0 aliphatic carbocycles. The van der Waals surface area contributed by atoms with Gasteiger partial charge in [0.25, 0.3) is 0 Å². The average molecular weight is 350 g/mol. The van der Waals surface area contributed by atoms with E-state index in [1.54, 1.807) is 38.3 Å². The van der Waals surface area contributed by atoms with Gasteiger partial charge in [-0.3, -0.25) is 5.10 Å². The molecular weight excluding hydrogens is 332 g/mol. The average Bonchev–Trinajstić information content (AvgIpc) is 2.90. The molecule has 0 fully saturated rings. The minimum absolute atomic E-state index is 0.180. The molecule has 0 unspecified atom stereocenters. The normalized spacial score (nSPS) is 10.8. The van der Waals surface area contributed by atoms with E-state index in [2.05, 4.69) is 15.3 Å². The molecule has 1 N–H and O–H groups in total. The van der Waals surface area contributed by atoms with E-state index in [9.17, 15) is 4.79 Å². The monoisotopic (exact) mass is 350 g/mol. The topological polar surface area (TPSA) is 90.7 Å². The maximum absolute atomic E-state index is 11.3. The third-order valence-corrected chi connectivity index (χ3v) is 3.24. The molecule has 1 heterocycles. The predicted molar refractivity (Wildman–Crippen MR) is 90.3 cm³/mol. The number of methoxy groups -OCH3 is 1. The summed E-state index contributed by atoms with van der Waals surface area (Å²) in [6.07, 6.45) is 1.62. The number of hydrogen-bond acceptors (Lipinski definition) is 7. The van der Waals surface area contributed by atoms with Gasteiger partial charge in [-0.05, 0) is 49.8 Å². The Balaban J connectivity index is 2.13. The highest BCUT2D eigenvalue weighted by Crippen LogP contribution is 2.27. The van der Waals surface area contributed by atoms with E-state index in [4.69, 9.17) is 26.4 Å². The smallest absolute Gasteiger partial charge is 0.344 e. The number of aryl methyl sites for hydroxylation is 1. The molecule has 0 radical (unpaired) electrons. The van der Waals surface area contributed by atoms with Crippen molar-refractivity contribution in [3.63, 3.8) is 0 Å². The van der Waals surface area contributed by atoms with Crippen LogP contribution >= 0.6 is 12.2 Å². The summed E-state index contributed by atoms with van der Waals surface area (Å²) in [5.41, 5.74) is 0.776. The molecule has 128 valence electrons. The van der Waals surface area contributed by atoms with Crippen molar-refractivity contribution in [2.45, 2.75) is 13.8 Å². The highest BCUT2D eigenvalue weighted by molar-refractivity contribution is 7.71. The first-order chi connectivity index (χ1) is 11.5. The summed E-state index contributed by atoms with van der Waals surface area (Å²) in [6.45, 7) is 3.66. The van der Waals surface area contributed by atoms with E-state index >= 15 is 0 Å². The van der Waals surface area contributed by atoms with Crippen LogP contribution in [0.1, 0.15) is 18.3 Å². The molecule has 0 aliphatic rings. The molecule has 0 aliphatic heterocycles. The van der Waals surface area contributed by atoms with E-state index in [1.165, 1.54) is 11.8 Å². The van der Waals surface area contributed by atoms with Crippen LogP contribution in [-0.2, 0) is 9.53 Å². The number of rotatable bonds is 7. The highest BCUT2D eigenvalue weighted by Gasteiger charge is 2.09. The van der Waals surface area contributed by atoms with Crippen LogP contribution < -0.4 is 9.47 Å². The van der Waals surface area contributed by atoms with Crippen LogP contribution in [0.15, 0.2) is 23.3 Å². The number of nitrogens with one attached hydrogen (secondary N) is 1. The Morgan fingerprint density at radius 2 is 2.25 bits per heavy atom. The molecule has 0 amide bonds. The standard InChI is InChI=1S/C15H18N4O4S/c1-4-22-14(20)9-23-12-6-5-11(7-13(12)21-3)8-16-19-10(2)17-18-15(19)24/h5-8H,4,9H2,1-3H3,(H,18,24)/b16-8-. The molecule has 2 aromatic rings. The molecule has 0 bridgehead atoms. The molecule has 9 heteroatoms. The van der Waals surface area contributed by atoms with Crippen molar-refractivity contribution in [3.8, 4) is 11.5 Å². The van der Waals surface area contributed by atoms with E-state index in [0.29, 0.717) is 28.7 Å². The van der Waals surface area contributed by atoms with E-state index in [0.717, 1.165) is 5.56 Å². The lowest BCUT2D eigenvalue weighted by atomic mass is 10.2. The molecule has 1 aromatic heterocycles. The number of aromatic amines is 1. The summed E-state index contributed by atoms with van der Waals surface area (Å²) in [7, 11) is 1.52. The van der Waals surface area contributed by atoms with Crippen LogP contribution in [0.5, 0.6) is 11.5 Å². The number of benzene rings is 1. The van der Waals surface area contributed by atoms with Crippen molar-refractivity contribution in [1.29, 1.82) is 0 Å². The highest BCUT2D eigenvalue weighted by atomic mass is 32.1. The number of ether oxygens (including phenoxy) is 3. The van der Waals surface area contributed by atoms with Crippen molar-refractivity contribution in [2.24, 2.45) is 5.10 Å². The fourth-order valence-electron chi connectivity index (χ4n) is 1.85. The van der Waals surface area contributed by atoms with Gasteiger partial charge in [0, 0.05) is 0 Å². The maximum atomic E-state index is 11.3. The first-order valence-electron chi connectivity index (χ1n) is 7.20. The van der Waals surface area contributed by atoms with Gasteiger partial charge in [0.05, 0.1) is 19.9 Å². The lowest BCUT2D eigenvalue weighted by Gasteiger charge is -2.10. The lowest BCUT2D eigenvalue weighted by molar-refractivity contribution is -0.145. The molecular formula is C15H18N4O4S. The molecule has 1 aromatic carbocycles. The van der Waals surface area contributed by atoms with Gasteiger partial charge in [-0.1, -0.05) is 0 Å². The number of esters is 1. The first kappa shape index (κ1) is 17.7. The third kappa shape index (κ3) is 4.42. The Bertz CT molecular complexity index is 797. The first-order valence-corrected chi connectivity index (χ1v) is 7.60. The second-order valence-electron chi connectivity index (χ2n) is 4.64. The number of aromatic nitrogens is 3. The fourth-order valence-corrected chi connectivity index (χ4v) is 2.08. The number of carbonyl (C=O) groups is 1. The van der Waals surface area contributed by atoms with Gasteiger partial charge in [-0.25, -0.2) is 4.79 Å². The van der Waals surface area contributed by atoms with Gasteiger partial charge in [-0.2, -0.15) is 14.9 Å². The Morgan fingerprint density at radius 3 is 2.88 bits per heavy atom. The van der Waals surface area contributed by atoms with Gasteiger partial charge in [0.1, 0.15) is 5.82 Å². The molecule has 0 saturated heterocycles. The predicted octanol–water partition coefficient (Wildman–Crippen LogP) is 2.08. The zero-order valence-electron chi connectivity index (χ0n) is 13.6. The Hall–Kier alpha value is -2.68. The molecule has 0 spiro atoms. The van der Waals surface area contributed by atoms with Crippen molar-refractivity contribution in [1.82, 2.24) is 14.9 Å². The number of nitrogens with zero attached hydrogens (tertiary/aromatic N) is 3. The van der Waals surface area contributed by atoms with Crippen molar-refractivity contribution >= 4 is 24.4 Å². The second-order valence-corrected chi connectivity index (χ2v) is 5.02. The van der Waals surface area contributed by atoms with Gasteiger partial charge in [-0.15, -0.1) is 0 Å². The van der Waals surface area contributed by atoms with Crippen molar-refractivity contribution < 1.29 is 19.0 Å². The summed E-state index contributed by atoms with van der Waals surface area (Å²) in [6, 6.07) is 5.22. The van der Waals surface area contributed by atoms with Crippen LogP contribution in [0.2, 0.25) is 0 Å². The Morgan fingerprint density at radius 1 is 1.46 bits per heavy atom. The number of hydrogen-bond donors (Lipinski definition) is 1. The van der Waals surface area contributed by atoms with E-state index in [1.807, 2.05) is 0 Å². The summed E-state index contributed by atoms with van der Waals surface area (Å²) in [5.74, 6) is 1.14. The summed E-state index contributed by atoms with van der Waals surface area (Å²) in [5, 5.41) is 10.9. The van der Waals surface area contributed by atoms with Gasteiger partial charge in [0.2, 0.25) is 4.77 Å². The Kier molecular flexibility index (Phi) is 6.07. The molecule has 0 saturated carbocycles. The second kappa shape index (κ2) is 8.25. The summed E-state index contributed by atoms with van der Waals surface area (Å²) >= 11 is 5.08. The third-order valence-electron chi connectivity index (χ3n) is 2.97. The fraction of sp³-hybridized carbons (Fsp3) is 0.333. The summed E-state index contributed by atoms with van der Waals surface area (Å²) in [4.78, 5) is 11.3. The number of carbonyl (C=O) groups excluding carboxylic acids is 1. The molecule has 0 atom stereocenters. The summed E-state index contributed by atoms with van der Waals surface area (Å²) < 4.78 is 17.4. The minimum atomic E-state index is -0.435. The van der Waals surface area contributed by atoms with Crippen LogP contribution in [0, 0.1) is 11.7 Å². The van der Waals surface area contributed by atoms with Gasteiger partial charge < -0.3 is 14.2 Å². The van der Waals surface area contributed by atoms with Crippen LogP contribution in [0.3, 0.4) is 0 Å². The molecule has 24 heavy (non-hydrogen) atoms. The maximum Gasteiger partial charge on any atom is 0.344 e. The van der Waals surface area contributed by atoms with Crippen molar-refractivity contribution in [3.05, 3.63) is 34.4 Å². The van der Waals surface area contributed by atoms with E-state index in [-0.39, 0.29) is 6.61 Å². The van der Waals surface area contributed by atoms with Gasteiger partial charge >= 0.3 is 5.97 Å². The zero-order valence-corrected chi connectivity index (χ0v) is 14.4. The SMILES string of the molecule is CCOC(=O)COc1ccc(/C=N\n2c(C)n[nH]c2=S)cc1OC. The van der Waals surface area contributed by atoms with Crippen molar-refractivity contribution in [2.75, 3.05) is 20.3 Å².